The predicted octanol–water partition coefficient (Wildman–Crippen LogP) is 2.26. The molecule has 8 nitrogen and oxygen atoms in total. The molecule has 0 spiro atoms. The number of nitrogens with zero attached hydrogens (tertiary/aromatic N) is 4. The Morgan fingerprint density at radius 3 is 2.93 bits per heavy atom. The van der Waals surface area contributed by atoms with Crippen LogP contribution in [0.2, 0.25) is 0 Å². The highest BCUT2D eigenvalue weighted by atomic mass is 79.9. The minimum absolute atomic E-state index is 0.0651. The topological polar surface area (TPSA) is 113 Å². The monoisotopic (exact) mass is 471 g/mol. The number of ketones is 1. The summed E-state index contributed by atoms with van der Waals surface area (Å²) in [5, 5.41) is 27.3. The molecule has 1 aliphatic rings. The van der Waals surface area contributed by atoms with Crippen molar-refractivity contribution in [2.24, 2.45) is 5.92 Å². The average Bonchev–Trinajstić information content (AvgIpc) is 3.35. The highest BCUT2D eigenvalue weighted by Gasteiger charge is 2.35. The molecule has 1 aliphatic carbocycles. The van der Waals surface area contributed by atoms with Gasteiger partial charge in [-0.25, -0.2) is 9.97 Å². The molecule has 0 radical (unpaired) electrons. The number of aromatic nitrogens is 4. The van der Waals surface area contributed by atoms with Crippen molar-refractivity contribution in [2.45, 2.75) is 31.5 Å². The van der Waals surface area contributed by atoms with Gasteiger partial charge >= 0.3 is 0 Å². The fourth-order valence-electron chi connectivity index (χ4n) is 3.74. The molecule has 3 unspecified atom stereocenters. The van der Waals surface area contributed by atoms with Crippen LogP contribution in [0, 0.1) is 5.92 Å². The van der Waals surface area contributed by atoms with E-state index in [1.54, 1.807) is 16.9 Å². The Bertz CT molecular complexity index is 1040. The first-order chi connectivity index (χ1) is 14.5. The number of carbonyl (C=O) groups is 1. The Hall–Kier alpha value is -2.62. The minimum Gasteiger partial charge on any atom is -0.396 e. The van der Waals surface area contributed by atoms with Gasteiger partial charge in [-0.15, -0.1) is 0 Å². The standard InChI is InChI=1S/C21H22BrN5O3/c22-15-3-1-2-13(8-15)10-27-7-6-18(26-27)20(30)16-9-23-12-24-21(16)25-17-5-4-14(11-28)19(17)29/h1-3,6-9,12,14,17,19,28-29H,4-5,10-11H2,(H,23,24,25). The Balaban J connectivity index is 1.51. The third kappa shape index (κ3) is 4.43. The Morgan fingerprint density at radius 1 is 1.30 bits per heavy atom. The zero-order chi connectivity index (χ0) is 21.1. The molecule has 2 heterocycles. The number of benzene rings is 1. The summed E-state index contributed by atoms with van der Waals surface area (Å²) in [6.07, 6.45) is 5.27. The van der Waals surface area contributed by atoms with Crippen molar-refractivity contribution >= 4 is 27.5 Å². The molecule has 30 heavy (non-hydrogen) atoms. The van der Waals surface area contributed by atoms with Crippen LogP contribution in [0.4, 0.5) is 5.82 Å². The van der Waals surface area contributed by atoms with E-state index in [1.165, 1.54) is 12.5 Å². The minimum atomic E-state index is -0.697. The highest BCUT2D eigenvalue weighted by molar-refractivity contribution is 9.10. The molecule has 156 valence electrons. The highest BCUT2D eigenvalue weighted by Crippen LogP contribution is 2.29. The van der Waals surface area contributed by atoms with Crippen molar-refractivity contribution in [2.75, 3.05) is 11.9 Å². The number of carbonyl (C=O) groups excluding carboxylic acids is 1. The lowest BCUT2D eigenvalue weighted by molar-refractivity contribution is 0.0845. The van der Waals surface area contributed by atoms with Gasteiger partial charge in [-0.05, 0) is 36.6 Å². The summed E-state index contributed by atoms with van der Waals surface area (Å²) < 4.78 is 2.69. The predicted molar refractivity (Wildman–Crippen MR) is 114 cm³/mol. The van der Waals surface area contributed by atoms with Gasteiger partial charge in [0.05, 0.1) is 24.3 Å². The molecular formula is C21H22BrN5O3. The van der Waals surface area contributed by atoms with Gasteiger partial charge < -0.3 is 15.5 Å². The number of hydrogen-bond donors (Lipinski definition) is 3. The first kappa shape index (κ1) is 20.6. The molecule has 3 N–H and O–H groups in total. The van der Waals surface area contributed by atoms with E-state index >= 15 is 0 Å². The lowest BCUT2D eigenvalue weighted by Gasteiger charge is -2.20. The number of hydrogen-bond acceptors (Lipinski definition) is 7. The first-order valence-electron chi connectivity index (χ1n) is 9.73. The Kier molecular flexibility index (Phi) is 6.21. The molecule has 4 rings (SSSR count). The van der Waals surface area contributed by atoms with Gasteiger partial charge in [-0.2, -0.15) is 5.10 Å². The lowest BCUT2D eigenvalue weighted by Crippen LogP contribution is -2.34. The molecule has 0 saturated heterocycles. The van der Waals surface area contributed by atoms with E-state index in [9.17, 15) is 15.0 Å². The Morgan fingerprint density at radius 2 is 2.17 bits per heavy atom. The zero-order valence-electron chi connectivity index (χ0n) is 16.1. The van der Waals surface area contributed by atoms with E-state index in [4.69, 9.17) is 0 Å². The summed E-state index contributed by atoms with van der Waals surface area (Å²) in [5.41, 5.74) is 1.65. The van der Waals surface area contributed by atoms with Crippen molar-refractivity contribution in [1.29, 1.82) is 0 Å². The van der Waals surface area contributed by atoms with Crippen molar-refractivity contribution < 1.29 is 15.0 Å². The fourth-order valence-corrected chi connectivity index (χ4v) is 4.18. The van der Waals surface area contributed by atoms with Crippen LogP contribution in [0.3, 0.4) is 0 Å². The van der Waals surface area contributed by atoms with Crippen molar-refractivity contribution in [3.05, 3.63) is 70.3 Å². The van der Waals surface area contributed by atoms with E-state index < -0.39 is 6.10 Å². The van der Waals surface area contributed by atoms with Gasteiger partial charge in [0.2, 0.25) is 5.78 Å². The second-order valence-corrected chi connectivity index (χ2v) is 8.32. The normalized spacial score (nSPS) is 21.0. The van der Waals surface area contributed by atoms with Crippen LogP contribution in [0.25, 0.3) is 0 Å². The second kappa shape index (κ2) is 9.03. The van der Waals surface area contributed by atoms with E-state index in [1.807, 2.05) is 24.3 Å². The van der Waals surface area contributed by atoms with Gasteiger partial charge in [-0.3, -0.25) is 9.48 Å². The van der Waals surface area contributed by atoms with Gasteiger partial charge in [0.15, 0.2) is 0 Å². The van der Waals surface area contributed by atoms with Crippen LogP contribution in [0.15, 0.2) is 53.5 Å². The summed E-state index contributed by atoms with van der Waals surface area (Å²) in [7, 11) is 0. The number of halogens is 1. The van der Waals surface area contributed by atoms with Crippen molar-refractivity contribution in [3.63, 3.8) is 0 Å². The number of aliphatic hydroxyl groups is 2. The van der Waals surface area contributed by atoms with Crippen molar-refractivity contribution in [1.82, 2.24) is 19.7 Å². The van der Waals surface area contributed by atoms with E-state index in [-0.39, 0.29) is 24.3 Å². The Labute approximate surface area is 182 Å². The third-order valence-electron chi connectivity index (χ3n) is 5.36. The average molecular weight is 472 g/mol. The number of rotatable bonds is 7. The summed E-state index contributed by atoms with van der Waals surface area (Å²) in [5.74, 6) is -0.103. The molecule has 3 atom stereocenters. The van der Waals surface area contributed by atoms with Gasteiger partial charge in [0.1, 0.15) is 17.8 Å². The van der Waals surface area contributed by atoms with E-state index in [0.29, 0.717) is 36.5 Å². The molecule has 1 fully saturated rings. The molecule has 0 bridgehead atoms. The summed E-state index contributed by atoms with van der Waals surface area (Å²) in [4.78, 5) is 21.2. The van der Waals surface area contributed by atoms with Crippen LogP contribution in [-0.4, -0.2) is 54.5 Å². The zero-order valence-corrected chi connectivity index (χ0v) is 17.7. The molecule has 2 aromatic heterocycles. The molecule has 3 aromatic rings. The summed E-state index contributed by atoms with van der Waals surface area (Å²) in [6, 6.07) is 9.29. The van der Waals surface area contributed by atoms with Gasteiger partial charge in [-0.1, -0.05) is 28.1 Å². The maximum Gasteiger partial charge on any atom is 0.218 e. The number of aliphatic hydroxyl groups excluding tert-OH is 2. The van der Waals surface area contributed by atoms with Crippen LogP contribution in [0.5, 0.6) is 0 Å². The van der Waals surface area contributed by atoms with Crippen molar-refractivity contribution in [3.8, 4) is 0 Å². The maximum atomic E-state index is 13.1. The second-order valence-electron chi connectivity index (χ2n) is 7.40. The van der Waals surface area contributed by atoms with Crippen LogP contribution >= 0.6 is 15.9 Å². The van der Waals surface area contributed by atoms with Crippen LogP contribution in [-0.2, 0) is 6.54 Å². The smallest absolute Gasteiger partial charge is 0.218 e. The maximum absolute atomic E-state index is 13.1. The molecule has 9 heteroatoms. The van der Waals surface area contributed by atoms with Gasteiger partial charge in [0, 0.05) is 29.4 Å². The largest absolute Gasteiger partial charge is 0.396 e. The lowest BCUT2D eigenvalue weighted by atomic mass is 10.1. The SMILES string of the molecule is O=C(c1ccn(Cc2cccc(Br)c2)n1)c1cncnc1NC1CCC(CO)C1O. The molecule has 1 aromatic carbocycles. The quantitative estimate of drug-likeness (QED) is 0.452. The van der Waals surface area contributed by atoms with E-state index in [2.05, 4.69) is 36.3 Å². The molecule has 1 saturated carbocycles. The third-order valence-corrected chi connectivity index (χ3v) is 5.86. The molecular weight excluding hydrogens is 450 g/mol. The van der Waals surface area contributed by atoms with Crippen LogP contribution in [0.1, 0.15) is 34.5 Å². The fraction of sp³-hybridized carbons (Fsp3) is 0.333. The summed E-state index contributed by atoms with van der Waals surface area (Å²) in [6.45, 7) is 0.476. The molecule has 0 amide bonds. The summed E-state index contributed by atoms with van der Waals surface area (Å²) >= 11 is 3.45. The number of anilines is 1. The van der Waals surface area contributed by atoms with Gasteiger partial charge in [0.25, 0.3) is 0 Å². The van der Waals surface area contributed by atoms with Crippen LogP contribution < -0.4 is 5.32 Å². The molecule has 0 aliphatic heterocycles. The van der Waals surface area contributed by atoms with E-state index in [0.717, 1.165) is 10.0 Å². The number of nitrogens with one attached hydrogen (secondary N) is 1. The first-order valence-corrected chi connectivity index (χ1v) is 10.5.